The lowest BCUT2D eigenvalue weighted by atomic mass is 9.95. The van der Waals surface area contributed by atoms with Crippen LogP contribution in [0.15, 0.2) is 16.8 Å². The van der Waals surface area contributed by atoms with Crippen LogP contribution in [0.5, 0.6) is 0 Å². The van der Waals surface area contributed by atoms with Gasteiger partial charge in [0.2, 0.25) is 5.91 Å². The molecule has 6 amide bonds. The van der Waals surface area contributed by atoms with Gasteiger partial charge in [0.15, 0.2) is 0 Å². The van der Waals surface area contributed by atoms with E-state index in [0.29, 0.717) is 12.2 Å². The third-order valence-electron chi connectivity index (χ3n) is 3.52. The summed E-state index contributed by atoms with van der Waals surface area (Å²) < 4.78 is 4.76. The van der Waals surface area contributed by atoms with E-state index in [4.69, 9.17) is 4.74 Å². The molecular weight excluding hydrogens is 336 g/mol. The van der Waals surface area contributed by atoms with Gasteiger partial charge in [0.25, 0.3) is 5.91 Å². The molecule has 2 heterocycles. The molecule has 0 spiro atoms. The third kappa shape index (κ3) is 3.71. The summed E-state index contributed by atoms with van der Waals surface area (Å²) in [5.41, 5.74) is -0.566. The normalized spacial score (nSPS) is 20.0. The number of carbonyl (C=O) groups is 4. The topological polar surface area (TPSA) is 117 Å². The van der Waals surface area contributed by atoms with E-state index < -0.39 is 36.0 Å². The molecule has 10 heteroatoms. The predicted molar refractivity (Wildman–Crippen MR) is 85.3 cm³/mol. The Labute approximate surface area is 142 Å². The van der Waals surface area contributed by atoms with Crippen molar-refractivity contribution in [1.82, 2.24) is 20.9 Å². The highest BCUT2D eigenvalue weighted by molar-refractivity contribution is 7.08. The zero-order chi connectivity index (χ0) is 17.7. The number of carbonyl (C=O) groups excluding carboxylic acids is 4. The van der Waals surface area contributed by atoms with Crippen LogP contribution in [0.1, 0.15) is 12.5 Å². The van der Waals surface area contributed by atoms with Crippen molar-refractivity contribution in [3.05, 3.63) is 22.4 Å². The van der Waals surface area contributed by atoms with Crippen molar-refractivity contribution < 1.29 is 23.9 Å². The van der Waals surface area contributed by atoms with Crippen LogP contribution >= 0.6 is 11.3 Å². The molecule has 1 saturated heterocycles. The zero-order valence-corrected chi connectivity index (χ0v) is 14.1. The summed E-state index contributed by atoms with van der Waals surface area (Å²) >= 11 is 1.40. The Morgan fingerprint density at radius 3 is 2.79 bits per heavy atom. The second-order valence-electron chi connectivity index (χ2n) is 5.26. The summed E-state index contributed by atoms with van der Waals surface area (Å²) in [4.78, 5) is 48.7. The van der Waals surface area contributed by atoms with Crippen LogP contribution < -0.4 is 16.0 Å². The molecular formula is C14H18N4O5S. The van der Waals surface area contributed by atoms with E-state index in [-0.39, 0.29) is 6.54 Å². The molecule has 0 bridgehead atoms. The van der Waals surface area contributed by atoms with E-state index >= 15 is 0 Å². The number of hydrogen-bond acceptors (Lipinski definition) is 6. The van der Waals surface area contributed by atoms with Gasteiger partial charge in [-0.15, -0.1) is 0 Å². The minimum atomic E-state index is -1.21. The fourth-order valence-corrected chi connectivity index (χ4v) is 2.97. The van der Waals surface area contributed by atoms with Gasteiger partial charge in [-0.3, -0.25) is 19.8 Å². The van der Waals surface area contributed by atoms with E-state index in [2.05, 4.69) is 16.0 Å². The number of hydrogen-bond donors (Lipinski definition) is 3. The second kappa shape index (κ2) is 7.41. The highest BCUT2D eigenvalue weighted by Crippen LogP contribution is 2.29. The molecule has 0 aromatic carbocycles. The number of nitrogens with zero attached hydrogens (tertiary/aromatic N) is 1. The molecule has 24 heavy (non-hydrogen) atoms. The average molecular weight is 354 g/mol. The van der Waals surface area contributed by atoms with Gasteiger partial charge in [0.1, 0.15) is 12.1 Å². The first-order valence-electron chi connectivity index (χ1n) is 7.12. The lowest BCUT2D eigenvalue weighted by Gasteiger charge is -2.20. The molecule has 3 N–H and O–H groups in total. The maximum atomic E-state index is 12.5. The summed E-state index contributed by atoms with van der Waals surface area (Å²) in [6, 6.07) is 0.337. The molecule has 0 radical (unpaired) electrons. The van der Waals surface area contributed by atoms with Crippen molar-refractivity contribution >= 4 is 35.2 Å². The molecule has 1 aromatic heterocycles. The van der Waals surface area contributed by atoms with Gasteiger partial charge in [0.05, 0.1) is 6.61 Å². The minimum absolute atomic E-state index is 0.231. The minimum Gasteiger partial charge on any atom is -0.383 e. The summed E-state index contributed by atoms with van der Waals surface area (Å²) in [7, 11) is 1.48. The van der Waals surface area contributed by atoms with Gasteiger partial charge in [-0.05, 0) is 29.3 Å². The standard InChI is InChI=1S/C14H18N4O5S/c1-14(9-3-6-24-8-9)11(20)18(13(22)17-14)7-10(19)16-12(21)15-4-5-23-2/h3,6,8H,4-5,7H2,1-2H3,(H,17,22)(H2,15,16,19,21). The monoisotopic (exact) mass is 354 g/mol. The van der Waals surface area contributed by atoms with Crippen molar-refractivity contribution in [2.45, 2.75) is 12.5 Å². The Kier molecular flexibility index (Phi) is 5.52. The maximum absolute atomic E-state index is 12.5. The molecule has 2 rings (SSSR count). The first-order valence-corrected chi connectivity index (χ1v) is 8.06. The highest BCUT2D eigenvalue weighted by atomic mass is 32.1. The number of nitrogens with one attached hydrogen (secondary N) is 3. The maximum Gasteiger partial charge on any atom is 0.325 e. The van der Waals surface area contributed by atoms with Crippen molar-refractivity contribution in [2.24, 2.45) is 0 Å². The Morgan fingerprint density at radius 1 is 1.42 bits per heavy atom. The van der Waals surface area contributed by atoms with E-state index in [1.807, 2.05) is 0 Å². The molecule has 9 nitrogen and oxygen atoms in total. The van der Waals surface area contributed by atoms with Gasteiger partial charge in [-0.25, -0.2) is 9.59 Å². The second-order valence-corrected chi connectivity index (χ2v) is 6.04. The van der Waals surface area contributed by atoms with Crippen molar-refractivity contribution in [3.8, 4) is 0 Å². The van der Waals surface area contributed by atoms with E-state index in [1.54, 1.807) is 23.8 Å². The van der Waals surface area contributed by atoms with Gasteiger partial charge < -0.3 is 15.4 Å². The Bertz CT molecular complexity index is 648. The van der Waals surface area contributed by atoms with Gasteiger partial charge in [-0.1, -0.05) is 0 Å². The van der Waals surface area contributed by atoms with Crippen LogP contribution in [0.25, 0.3) is 0 Å². The zero-order valence-electron chi connectivity index (χ0n) is 13.3. The fraction of sp³-hybridized carbons (Fsp3) is 0.429. The number of amides is 6. The van der Waals surface area contributed by atoms with Gasteiger partial charge in [0, 0.05) is 13.7 Å². The van der Waals surface area contributed by atoms with Gasteiger partial charge >= 0.3 is 12.1 Å². The summed E-state index contributed by atoms with van der Waals surface area (Å²) in [5.74, 6) is -1.30. The number of thiophene rings is 1. The third-order valence-corrected chi connectivity index (χ3v) is 4.20. The number of rotatable bonds is 6. The molecule has 0 aliphatic carbocycles. The molecule has 1 fully saturated rings. The molecule has 1 aliphatic rings. The lowest BCUT2D eigenvalue weighted by Crippen LogP contribution is -2.47. The smallest absolute Gasteiger partial charge is 0.325 e. The Balaban J connectivity index is 1.95. The highest BCUT2D eigenvalue weighted by Gasteiger charge is 2.49. The largest absolute Gasteiger partial charge is 0.383 e. The van der Waals surface area contributed by atoms with Crippen LogP contribution in [0.2, 0.25) is 0 Å². The lowest BCUT2D eigenvalue weighted by molar-refractivity contribution is -0.134. The van der Waals surface area contributed by atoms with Crippen LogP contribution in [-0.4, -0.2) is 55.6 Å². The molecule has 1 aromatic rings. The Morgan fingerprint density at radius 2 is 2.17 bits per heavy atom. The van der Waals surface area contributed by atoms with Crippen LogP contribution in [0.3, 0.4) is 0 Å². The van der Waals surface area contributed by atoms with Crippen LogP contribution in [0.4, 0.5) is 9.59 Å². The SMILES string of the molecule is COCCNC(=O)NC(=O)CN1C(=O)NC(C)(c2ccsc2)C1=O. The number of methoxy groups -OCH3 is 1. The fourth-order valence-electron chi connectivity index (χ4n) is 2.21. The summed E-state index contributed by atoms with van der Waals surface area (Å²) in [6.45, 7) is 1.56. The quantitative estimate of drug-likeness (QED) is 0.491. The van der Waals surface area contributed by atoms with Crippen molar-refractivity contribution in [2.75, 3.05) is 26.8 Å². The molecule has 1 atom stereocenters. The molecule has 0 saturated carbocycles. The number of urea groups is 2. The Hall–Kier alpha value is -2.46. The van der Waals surface area contributed by atoms with Gasteiger partial charge in [-0.2, -0.15) is 11.3 Å². The number of ether oxygens (including phenoxy) is 1. The first-order chi connectivity index (χ1) is 11.4. The molecule has 1 unspecified atom stereocenters. The number of imide groups is 2. The first kappa shape index (κ1) is 17.9. The van der Waals surface area contributed by atoms with E-state index in [0.717, 1.165) is 4.90 Å². The van der Waals surface area contributed by atoms with Crippen LogP contribution in [0, 0.1) is 0 Å². The van der Waals surface area contributed by atoms with Crippen LogP contribution in [-0.2, 0) is 19.9 Å². The molecule has 1 aliphatic heterocycles. The van der Waals surface area contributed by atoms with E-state index in [9.17, 15) is 19.2 Å². The summed E-state index contributed by atoms with van der Waals surface area (Å²) in [5, 5.41) is 10.6. The van der Waals surface area contributed by atoms with Crippen molar-refractivity contribution in [1.29, 1.82) is 0 Å². The average Bonchev–Trinajstić information content (AvgIpc) is 3.12. The van der Waals surface area contributed by atoms with E-state index in [1.165, 1.54) is 18.4 Å². The summed E-state index contributed by atoms with van der Waals surface area (Å²) in [6.07, 6.45) is 0. The predicted octanol–water partition coefficient (Wildman–Crippen LogP) is -0.0127. The molecule has 130 valence electrons. The van der Waals surface area contributed by atoms with Crippen molar-refractivity contribution in [3.63, 3.8) is 0 Å².